The zero-order valence-corrected chi connectivity index (χ0v) is 13.7. The van der Waals surface area contributed by atoms with Gasteiger partial charge >= 0.3 is 5.97 Å². The number of ether oxygens (including phenoxy) is 1. The van der Waals surface area contributed by atoms with E-state index in [0.29, 0.717) is 11.4 Å². The van der Waals surface area contributed by atoms with Gasteiger partial charge in [0, 0.05) is 5.02 Å². The van der Waals surface area contributed by atoms with Crippen LogP contribution in [0.4, 0.5) is 0 Å². The summed E-state index contributed by atoms with van der Waals surface area (Å²) < 4.78 is 4.72. The molecule has 0 spiro atoms. The van der Waals surface area contributed by atoms with Crippen molar-refractivity contribution in [3.8, 4) is 0 Å². The van der Waals surface area contributed by atoms with Crippen LogP contribution in [0.2, 0.25) is 5.02 Å². The molecule has 0 aromatic heterocycles. The van der Waals surface area contributed by atoms with E-state index in [9.17, 15) is 9.59 Å². The topological polar surface area (TPSA) is 55.4 Å². The molecule has 1 aromatic carbocycles. The molecule has 0 heterocycles. The number of carbonyl (C=O) groups excluding carboxylic acids is 2. The van der Waals surface area contributed by atoms with Gasteiger partial charge in [-0.15, -0.1) is 0 Å². The lowest BCUT2D eigenvalue weighted by molar-refractivity contribution is -0.145. The van der Waals surface area contributed by atoms with Gasteiger partial charge in [-0.3, -0.25) is 4.79 Å². The second kappa shape index (κ2) is 8.03. The van der Waals surface area contributed by atoms with Gasteiger partial charge in [-0.1, -0.05) is 37.6 Å². The van der Waals surface area contributed by atoms with Gasteiger partial charge < -0.3 is 10.1 Å². The molecule has 0 aliphatic rings. The Labute approximate surface area is 130 Å². The number of carbonyl (C=O) groups is 2. The molecule has 5 heteroatoms. The third-order valence-electron chi connectivity index (χ3n) is 3.09. The van der Waals surface area contributed by atoms with E-state index in [1.54, 1.807) is 0 Å². The normalized spacial score (nSPS) is 12.1. The minimum atomic E-state index is -0.619. The van der Waals surface area contributed by atoms with Crippen molar-refractivity contribution in [2.75, 3.05) is 7.11 Å². The van der Waals surface area contributed by atoms with Gasteiger partial charge in [0.1, 0.15) is 6.04 Å². The van der Waals surface area contributed by atoms with Gasteiger partial charge in [0.2, 0.25) is 5.91 Å². The minimum Gasteiger partial charge on any atom is -0.467 e. The Bertz CT molecular complexity index is 514. The van der Waals surface area contributed by atoms with Crippen LogP contribution < -0.4 is 5.32 Å². The number of aryl methyl sites for hydroxylation is 1. The van der Waals surface area contributed by atoms with Crippen molar-refractivity contribution in [1.82, 2.24) is 5.32 Å². The molecule has 1 aromatic rings. The van der Waals surface area contributed by atoms with E-state index in [-0.39, 0.29) is 18.2 Å². The van der Waals surface area contributed by atoms with Crippen molar-refractivity contribution in [1.29, 1.82) is 0 Å². The second-order valence-corrected chi connectivity index (χ2v) is 5.95. The van der Waals surface area contributed by atoms with Crippen molar-refractivity contribution in [3.05, 3.63) is 34.3 Å². The summed E-state index contributed by atoms with van der Waals surface area (Å²) in [5, 5.41) is 3.28. The Morgan fingerprint density at radius 1 is 1.33 bits per heavy atom. The first-order valence-corrected chi connectivity index (χ1v) is 7.33. The SMILES string of the molecule is COC(=O)C(CC(C)C)NC(=O)Cc1ccc(C)cc1Cl. The number of nitrogens with one attached hydrogen (secondary N) is 1. The van der Waals surface area contributed by atoms with Crippen LogP contribution in [0.25, 0.3) is 0 Å². The second-order valence-electron chi connectivity index (χ2n) is 5.54. The number of amides is 1. The molecule has 1 rings (SSSR count). The van der Waals surface area contributed by atoms with Crippen LogP contribution in [0.3, 0.4) is 0 Å². The van der Waals surface area contributed by atoms with Gasteiger partial charge in [0.15, 0.2) is 0 Å². The molecule has 0 aliphatic heterocycles. The highest BCUT2D eigenvalue weighted by Gasteiger charge is 2.22. The molecule has 1 N–H and O–H groups in total. The first-order valence-electron chi connectivity index (χ1n) is 6.95. The van der Waals surface area contributed by atoms with Crippen LogP contribution in [0.1, 0.15) is 31.4 Å². The maximum Gasteiger partial charge on any atom is 0.328 e. The summed E-state index contributed by atoms with van der Waals surface area (Å²) in [6.07, 6.45) is 0.685. The monoisotopic (exact) mass is 311 g/mol. The molecular weight excluding hydrogens is 290 g/mol. The fourth-order valence-corrected chi connectivity index (χ4v) is 2.34. The fourth-order valence-electron chi connectivity index (χ4n) is 2.04. The predicted molar refractivity (Wildman–Crippen MR) is 83.3 cm³/mol. The molecule has 116 valence electrons. The number of halogens is 1. The van der Waals surface area contributed by atoms with Gasteiger partial charge in [-0.2, -0.15) is 0 Å². The number of methoxy groups -OCH3 is 1. The molecule has 0 aliphatic carbocycles. The van der Waals surface area contributed by atoms with Crippen LogP contribution in [-0.2, 0) is 20.7 Å². The Balaban J connectivity index is 2.71. The first kappa shape index (κ1) is 17.5. The van der Waals surface area contributed by atoms with E-state index in [2.05, 4.69) is 5.32 Å². The largest absolute Gasteiger partial charge is 0.467 e. The van der Waals surface area contributed by atoms with Gasteiger partial charge in [-0.25, -0.2) is 4.79 Å². The van der Waals surface area contributed by atoms with Crippen molar-refractivity contribution in [3.63, 3.8) is 0 Å². The Morgan fingerprint density at radius 2 is 2.00 bits per heavy atom. The molecule has 21 heavy (non-hydrogen) atoms. The molecule has 1 unspecified atom stereocenters. The third kappa shape index (κ3) is 5.76. The van der Waals surface area contributed by atoms with Gasteiger partial charge in [0.05, 0.1) is 13.5 Å². The van der Waals surface area contributed by atoms with E-state index in [4.69, 9.17) is 16.3 Å². The zero-order valence-electron chi connectivity index (χ0n) is 12.9. The number of hydrogen-bond donors (Lipinski definition) is 1. The van der Waals surface area contributed by atoms with Gasteiger partial charge in [0.25, 0.3) is 0 Å². The van der Waals surface area contributed by atoms with E-state index in [0.717, 1.165) is 11.1 Å². The number of benzene rings is 1. The number of hydrogen-bond acceptors (Lipinski definition) is 3. The van der Waals surface area contributed by atoms with E-state index < -0.39 is 12.0 Å². The summed E-state index contributed by atoms with van der Waals surface area (Å²) in [6.45, 7) is 5.91. The highest BCUT2D eigenvalue weighted by molar-refractivity contribution is 6.31. The fraction of sp³-hybridized carbons (Fsp3) is 0.500. The summed E-state index contributed by atoms with van der Waals surface area (Å²) in [5.74, 6) is -0.388. The molecule has 4 nitrogen and oxygen atoms in total. The molecule has 1 amide bonds. The highest BCUT2D eigenvalue weighted by Crippen LogP contribution is 2.18. The molecule has 0 bridgehead atoms. The van der Waals surface area contributed by atoms with Crippen molar-refractivity contribution >= 4 is 23.5 Å². The molecule has 0 fully saturated rings. The molecule has 0 radical (unpaired) electrons. The molecule has 0 saturated carbocycles. The van der Waals surface area contributed by atoms with Gasteiger partial charge in [-0.05, 0) is 36.5 Å². The maximum atomic E-state index is 12.1. The standard InChI is InChI=1S/C16H22ClNO3/c1-10(2)7-14(16(20)21-4)18-15(19)9-12-6-5-11(3)8-13(12)17/h5-6,8,10,14H,7,9H2,1-4H3,(H,18,19). The van der Waals surface area contributed by atoms with Crippen LogP contribution in [0.5, 0.6) is 0 Å². The Kier molecular flexibility index (Phi) is 6.69. The maximum absolute atomic E-state index is 12.1. The molecule has 0 saturated heterocycles. The average Bonchev–Trinajstić information content (AvgIpc) is 2.39. The zero-order chi connectivity index (χ0) is 16.0. The van der Waals surface area contributed by atoms with Crippen LogP contribution in [0, 0.1) is 12.8 Å². The molecule has 1 atom stereocenters. The van der Waals surface area contributed by atoms with Crippen molar-refractivity contribution in [2.24, 2.45) is 5.92 Å². The number of rotatable bonds is 6. The minimum absolute atomic E-state index is 0.144. The summed E-state index contributed by atoms with van der Waals surface area (Å²) in [4.78, 5) is 23.8. The van der Waals surface area contributed by atoms with Crippen molar-refractivity contribution < 1.29 is 14.3 Å². The Morgan fingerprint density at radius 3 is 2.52 bits per heavy atom. The summed E-state index contributed by atoms with van der Waals surface area (Å²) in [7, 11) is 1.32. The van der Waals surface area contributed by atoms with Crippen LogP contribution in [0.15, 0.2) is 18.2 Å². The molecular formula is C16H22ClNO3. The van der Waals surface area contributed by atoms with E-state index in [1.165, 1.54) is 7.11 Å². The summed E-state index contributed by atoms with van der Waals surface area (Å²) in [6, 6.07) is 4.93. The third-order valence-corrected chi connectivity index (χ3v) is 3.44. The van der Waals surface area contributed by atoms with Crippen LogP contribution >= 0.6 is 11.6 Å². The van der Waals surface area contributed by atoms with Crippen LogP contribution in [-0.4, -0.2) is 25.0 Å². The number of esters is 1. The predicted octanol–water partition coefficient (Wildman–Crippen LogP) is 2.89. The van der Waals surface area contributed by atoms with E-state index in [1.807, 2.05) is 39.0 Å². The van der Waals surface area contributed by atoms with E-state index >= 15 is 0 Å². The lowest BCUT2D eigenvalue weighted by Crippen LogP contribution is -2.43. The average molecular weight is 312 g/mol. The van der Waals surface area contributed by atoms with Crippen molar-refractivity contribution in [2.45, 2.75) is 39.7 Å². The lowest BCUT2D eigenvalue weighted by Gasteiger charge is -2.18. The summed E-state index contributed by atoms with van der Waals surface area (Å²) >= 11 is 6.11. The summed E-state index contributed by atoms with van der Waals surface area (Å²) in [5.41, 5.74) is 1.78. The highest BCUT2D eigenvalue weighted by atomic mass is 35.5. The smallest absolute Gasteiger partial charge is 0.328 e. The lowest BCUT2D eigenvalue weighted by atomic mass is 10.0. The Hall–Kier alpha value is -1.55. The quantitative estimate of drug-likeness (QED) is 0.822. The first-order chi connectivity index (χ1) is 9.83.